The lowest BCUT2D eigenvalue weighted by Gasteiger charge is -2.15. The minimum atomic E-state index is 0.562. The van der Waals surface area contributed by atoms with Crippen LogP contribution in [0.1, 0.15) is 12.5 Å². The standard InChI is InChI=1S/C25H20ClN5OS/c1-2-32-22-10-4-3-9-21(22)31-24(17-7-5-13-27-15-17)29-30-25(31)33-16-18-11-12-20(26)19-8-6-14-28-23(18)19/h3-15H,2,16H2,1H3. The van der Waals surface area contributed by atoms with Gasteiger partial charge in [-0.2, -0.15) is 0 Å². The van der Waals surface area contributed by atoms with Crippen LogP contribution in [0.5, 0.6) is 5.75 Å². The monoisotopic (exact) mass is 473 g/mol. The number of pyridine rings is 2. The molecule has 2 aromatic carbocycles. The van der Waals surface area contributed by atoms with Gasteiger partial charge in [0.2, 0.25) is 0 Å². The number of fused-ring (bicyclic) bond motifs is 1. The lowest BCUT2D eigenvalue weighted by atomic mass is 10.1. The zero-order chi connectivity index (χ0) is 22.6. The number of hydrogen-bond donors (Lipinski definition) is 0. The first-order valence-corrected chi connectivity index (χ1v) is 11.9. The zero-order valence-corrected chi connectivity index (χ0v) is 19.4. The smallest absolute Gasteiger partial charge is 0.196 e. The van der Waals surface area contributed by atoms with Crippen LogP contribution >= 0.6 is 23.4 Å². The molecule has 0 radical (unpaired) electrons. The molecule has 0 saturated heterocycles. The van der Waals surface area contributed by atoms with Gasteiger partial charge in [-0.25, -0.2) is 0 Å². The second kappa shape index (κ2) is 9.60. The van der Waals surface area contributed by atoms with E-state index in [0.29, 0.717) is 23.2 Å². The van der Waals surface area contributed by atoms with Crippen molar-refractivity contribution in [2.24, 2.45) is 0 Å². The summed E-state index contributed by atoms with van der Waals surface area (Å²) in [7, 11) is 0. The number of nitrogens with zero attached hydrogens (tertiary/aromatic N) is 5. The first-order valence-electron chi connectivity index (χ1n) is 10.5. The van der Waals surface area contributed by atoms with Gasteiger partial charge in [0.05, 0.1) is 17.8 Å². The summed E-state index contributed by atoms with van der Waals surface area (Å²) in [6, 6.07) is 19.6. The summed E-state index contributed by atoms with van der Waals surface area (Å²) in [5.41, 5.74) is 3.73. The number of hydrogen-bond acceptors (Lipinski definition) is 6. The molecule has 0 aliphatic rings. The number of thioether (sulfide) groups is 1. The van der Waals surface area contributed by atoms with Crippen LogP contribution in [0.15, 0.2) is 84.4 Å². The first-order chi connectivity index (χ1) is 16.3. The minimum absolute atomic E-state index is 0.562. The lowest BCUT2D eigenvalue weighted by molar-refractivity contribution is 0.338. The van der Waals surface area contributed by atoms with Crippen LogP contribution in [0, 0.1) is 0 Å². The van der Waals surface area contributed by atoms with Crippen LogP contribution in [0.2, 0.25) is 5.02 Å². The third kappa shape index (κ3) is 4.29. The van der Waals surface area contributed by atoms with E-state index in [1.165, 1.54) is 0 Å². The molecule has 0 amide bonds. The Balaban J connectivity index is 1.58. The summed E-state index contributed by atoms with van der Waals surface area (Å²) in [4.78, 5) is 8.82. The molecule has 8 heteroatoms. The predicted molar refractivity (Wildman–Crippen MR) is 132 cm³/mol. The molecule has 5 aromatic rings. The van der Waals surface area contributed by atoms with Crippen molar-refractivity contribution in [3.63, 3.8) is 0 Å². The van der Waals surface area contributed by atoms with E-state index in [4.69, 9.17) is 16.3 Å². The Kier molecular flexibility index (Phi) is 6.24. The molecule has 3 heterocycles. The Labute approximate surface area is 200 Å². The Hall–Kier alpha value is -3.42. The van der Waals surface area contributed by atoms with Gasteiger partial charge in [0, 0.05) is 40.3 Å². The number of aromatic nitrogens is 5. The van der Waals surface area contributed by atoms with Crippen LogP contribution in [-0.4, -0.2) is 31.3 Å². The molecular weight excluding hydrogens is 454 g/mol. The van der Waals surface area contributed by atoms with Crippen LogP contribution in [-0.2, 0) is 5.75 Å². The van der Waals surface area contributed by atoms with Gasteiger partial charge in [-0.15, -0.1) is 10.2 Å². The molecule has 33 heavy (non-hydrogen) atoms. The lowest BCUT2D eigenvalue weighted by Crippen LogP contribution is -2.04. The second-order valence-corrected chi connectivity index (χ2v) is 8.53. The zero-order valence-electron chi connectivity index (χ0n) is 17.9. The summed E-state index contributed by atoms with van der Waals surface area (Å²) in [6.45, 7) is 2.53. The Morgan fingerprint density at radius 3 is 2.70 bits per heavy atom. The Morgan fingerprint density at radius 2 is 1.85 bits per heavy atom. The molecular formula is C25H20ClN5OS. The Bertz CT molecular complexity index is 1410. The molecule has 0 fully saturated rings. The van der Waals surface area contributed by atoms with Crippen molar-refractivity contribution < 1.29 is 4.74 Å². The number of halogens is 1. The van der Waals surface area contributed by atoms with Gasteiger partial charge < -0.3 is 4.74 Å². The second-order valence-electron chi connectivity index (χ2n) is 7.18. The molecule has 0 saturated carbocycles. The van der Waals surface area contributed by atoms with Crippen molar-refractivity contribution in [3.8, 4) is 22.8 Å². The van der Waals surface area contributed by atoms with Crippen LogP contribution in [0.25, 0.3) is 28.0 Å². The van der Waals surface area contributed by atoms with E-state index in [1.807, 2.05) is 72.2 Å². The number of rotatable bonds is 7. The number of para-hydroxylation sites is 2. The van der Waals surface area contributed by atoms with E-state index in [0.717, 1.165) is 38.6 Å². The largest absolute Gasteiger partial charge is 0.492 e. The fourth-order valence-electron chi connectivity index (χ4n) is 3.64. The van der Waals surface area contributed by atoms with Crippen molar-refractivity contribution in [2.45, 2.75) is 17.8 Å². The van der Waals surface area contributed by atoms with E-state index >= 15 is 0 Å². The molecule has 0 bridgehead atoms. The van der Waals surface area contributed by atoms with Gasteiger partial charge in [-0.3, -0.25) is 14.5 Å². The number of ether oxygens (including phenoxy) is 1. The van der Waals surface area contributed by atoms with Gasteiger partial charge in [0.15, 0.2) is 11.0 Å². The van der Waals surface area contributed by atoms with E-state index in [1.54, 1.807) is 30.4 Å². The molecule has 164 valence electrons. The summed E-state index contributed by atoms with van der Waals surface area (Å²) in [5.74, 6) is 2.13. The van der Waals surface area contributed by atoms with Gasteiger partial charge in [-0.1, -0.05) is 41.6 Å². The average Bonchev–Trinajstić information content (AvgIpc) is 3.29. The van der Waals surface area contributed by atoms with Crippen LogP contribution in [0.4, 0.5) is 0 Å². The molecule has 0 atom stereocenters. The maximum Gasteiger partial charge on any atom is 0.196 e. The van der Waals surface area contributed by atoms with Crippen molar-refractivity contribution in [1.82, 2.24) is 24.7 Å². The highest BCUT2D eigenvalue weighted by molar-refractivity contribution is 7.98. The SMILES string of the molecule is CCOc1ccccc1-n1c(SCc2ccc(Cl)c3cccnc23)nnc1-c1cccnc1. The van der Waals surface area contributed by atoms with Gasteiger partial charge in [0.25, 0.3) is 0 Å². The third-order valence-corrected chi connectivity index (χ3v) is 6.42. The van der Waals surface area contributed by atoms with Gasteiger partial charge in [-0.05, 0) is 55.0 Å². The normalized spacial score (nSPS) is 11.1. The van der Waals surface area contributed by atoms with E-state index in [-0.39, 0.29) is 0 Å². The summed E-state index contributed by atoms with van der Waals surface area (Å²) in [5, 5.41) is 11.4. The van der Waals surface area contributed by atoms with Crippen molar-refractivity contribution >= 4 is 34.3 Å². The highest BCUT2D eigenvalue weighted by atomic mass is 35.5. The summed E-state index contributed by atoms with van der Waals surface area (Å²) < 4.78 is 7.94. The number of benzene rings is 2. The molecule has 0 unspecified atom stereocenters. The Morgan fingerprint density at radius 1 is 0.970 bits per heavy atom. The topological polar surface area (TPSA) is 65.7 Å². The highest BCUT2D eigenvalue weighted by Crippen LogP contribution is 2.35. The van der Waals surface area contributed by atoms with Gasteiger partial charge >= 0.3 is 0 Å². The van der Waals surface area contributed by atoms with Gasteiger partial charge in [0.1, 0.15) is 5.75 Å². The van der Waals surface area contributed by atoms with Crippen molar-refractivity contribution in [1.29, 1.82) is 0 Å². The average molecular weight is 474 g/mol. The summed E-state index contributed by atoms with van der Waals surface area (Å²) in [6.07, 6.45) is 5.32. The van der Waals surface area contributed by atoms with Crippen LogP contribution in [0.3, 0.4) is 0 Å². The predicted octanol–water partition coefficient (Wildman–Crippen LogP) is 6.22. The molecule has 0 aliphatic carbocycles. The molecule has 5 rings (SSSR count). The van der Waals surface area contributed by atoms with Crippen molar-refractivity contribution in [2.75, 3.05) is 6.61 Å². The molecule has 6 nitrogen and oxygen atoms in total. The third-order valence-electron chi connectivity index (χ3n) is 5.12. The molecule has 0 spiro atoms. The molecule has 3 aromatic heterocycles. The fourth-order valence-corrected chi connectivity index (χ4v) is 4.78. The van der Waals surface area contributed by atoms with Crippen LogP contribution < -0.4 is 4.74 Å². The quantitative estimate of drug-likeness (QED) is 0.261. The summed E-state index contributed by atoms with van der Waals surface area (Å²) >= 11 is 7.96. The van der Waals surface area contributed by atoms with E-state index in [9.17, 15) is 0 Å². The highest BCUT2D eigenvalue weighted by Gasteiger charge is 2.19. The maximum absolute atomic E-state index is 6.38. The maximum atomic E-state index is 6.38. The fraction of sp³-hybridized carbons (Fsp3) is 0.120. The minimum Gasteiger partial charge on any atom is -0.492 e. The van der Waals surface area contributed by atoms with Crippen molar-refractivity contribution in [3.05, 3.63) is 89.8 Å². The first kappa shape index (κ1) is 21.4. The molecule has 0 N–H and O–H groups in total. The molecule has 0 aliphatic heterocycles. The van der Waals surface area contributed by atoms with E-state index < -0.39 is 0 Å². The van der Waals surface area contributed by atoms with E-state index in [2.05, 4.69) is 20.2 Å².